The maximum Gasteiger partial charge on any atom is 0.389 e. The summed E-state index contributed by atoms with van der Waals surface area (Å²) in [5, 5.41) is 3.23. The van der Waals surface area contributed by atoms with E-state index in [1.165, 1.54) is 4.90 Å². The van der Waals surface area contributed by atoms with Crippen LogP contribution in [0, 0.1) is 0 Å². The number of halogens is 3. The molecule has 8 heteroatoms. The van der Waals surface area contributed by atoms with Crippen molar-refractivity contribution in [1.82, 2.24) is 5.32 Å². The van der Waals surface area contributed by atoms with Gasteiger partial charge in [-0.1, -0.05) is 6.07 Å². The van der Waals surface area contributed by atoms with E-state index in [2.05, 4.69) is 5.32 Å². The number of hydrogen-bond donors (Lipinski definition) is 1. The van der Waals surface area contributed by atoms with Crippen LogP contribution in [0.25, 0.3) is 0 Å². The maximum absolute atomic E-state index is 13.3. The number of piperidine rings is 1. The summed E-state index contributed by atoms with van der Waals surface area (Å²) in [6, 6.07) is 5.28. The molecule has 2 aliphatic heterocycles. The molecule has 5 nitrogen and oxygen atoms in total. The van der Waals surface area contributed by atoms with E-state index in [9.17, 15) is 22.8 Å². The van der Waals surface area contributed by atoms with Crippen LogP contribution in [0.5, 0.6) is 5.75 Å². The van der Waals surface area contributed by atoms with Crippen molar-refractivity contribution in [2.75, 3.05) is 31.1 Å². The highest BCUT2D eigenvalue weighted by molar-refractivity contribution is 6.11. The number of ketones is 1. The minimum Gasteiger partial charge on any atom is -0.493 e. The summed E-state index contributed by atoms with van der Waals surface area (Å²) in [7, 11) is 0. The number of hydrogen-bond acceptors (Lipinski definition) is 4. The van der Waals surface area contributed by atoms with Gasteiger partial charge in [0, 0.05) is 12.0 Å². The Hall–Kier alpha value is -2.09. The summed E-state index contributed by atoms with van der Waals surface area (Å²) in [4.78, 5) is 26.8. The molecule has 27 heavy (non-hydrogen) atoms. The van der Waals surface area contributed by atoms with Gasteiger partial charge in [0.2, 0.25) is 5.91 Å². The fourth-order valence-corrected chi connectivity index (χ4v) is 3.99. The molecule has 1 amide bonds. The van der Waals surface area contributed by atoms with Gasteiger partial charge in [-0.3, -0.25) is 9.59 Å². The first-order chi connectivity index (χ1) is 12.8. The molecule has 1 fully saturated rings. The van der Waals surface area contributed by atoms with Crippen molar-refractivity contribution >= 4 is 17.4 Å². The van der Waals surface area contributed by atoms with Crippen LogP contribution in [-0.4, -0.2) is 44.1 Å². The zero-order chi connectivity index (χ0) is 19.7. The van der Waals surface area contributed by atoms with E-state index in [1.807, 2.05) is 6.92 Å². The molecule has 0 unspecified atom stereocenters. The summed E-state index contributed by atoms with van der Waals surface area (Å²) >= 11 is 0. The molecule has 1 spiro atoms. The van der Waals surface area contributed by atoms with Gasteiger partial charge in [-0.15, -0.1) is 0 Å². The number of alkyl halides is 3. The summed E-state index contributed by atoms with van der Waals surface area (Å²) < 4.78 is 43.0. The number of amides is 1. The van der Waals surface area contributed by atoms with Gasteiger partial charge in [-0.05, 0) is 45.0 Å². The predicted molar refractivity (Wildman–Crippen MR) is 94.0 cm³/mol. The highest BCUT2D eigenvalue weighted by atomic mass is 19.4. The van der Waals surface area contributed by atoms with Gasteiger partial charge in [-0.25, -0.2) is 0 Å². The van der Waals surface area contributed by atoms with Crippen molar-refractivity contribution in [3.05, 3.63) is 23.8 Å². The second kappa shape index (κ2) is 7.50. The minimum atomic E-state index is -4.39. The number of fused-ring (bicyclic) bond motifs is 2. The zero-order valence-corrected chi connectivity index (χ0v) is 15.2. The molecular weight excluding hydrogens is 361 g/mol. The highest BCUT2D eigenvalue weighted by Gasteiger charge is 2.53. The normalized spacial score (nSPS) is 18.7. The Kier molecular flexibility index (Phi) is 5.46. The largest absolute Gasteiger partial charge is 0.493 e. The van der Waals surface area contributed by atoms with Crippen molar-refractivity contribution in [2.24, 2.45) is 0 Å². The average molecular weight is 384 g/mol. The number of Topliss-reactive ketones (excluding diaryl/α,β-unsaturated/α-hetero) is 1. The van der Waals surface area contributed by atoms with Gasteiger partial charge in [0.1, 0.15) is 5.75 Å². The summed E-state index contributed by atoms with van der Waals surface area (Å²) in [5.74, 6) is -0.207. The van der Waals surface area contributed by atoms with Gasteiger partial charge in [0.25, 0.3) is 0 Å². The van der Waals surface area contributed by atoms with Crippen LogP contribution in [0.3, 0.4) is 0 Å². The SMILES string of the molecule is CCOc1cccc2c1C1(CCNCC1)C(=O)N2CC(=O)CCC(F)(F)F. The summed E-state index contributed by atoms with van der Waals surface area (Å²) in [5.41, 5.74) is 0.562. The Balaban J connectivity index is 1.92. The lowest BCUT2D eigenvalue weighted by molar-refractivity contribution is -0.142. The number of benzene rings is 1. The Bertz CT molecular complexity index is 727. The van der Waals surface area contributed by atoms with Crippen LogP contribution < -0.4 is 15.0 Å². The second-order valence-electron chi connectivity index (χ2n) is 6.96. The molecule has 0 bridgehead atoms. The monoisotopic (exact) mass is 384 g/mol. The number of carbonyl (C=O) groups excluding carboxylic acids is 2. The molecule has 1 aromatic rings. The van der Waals surface area contributed by atoms with Crippen molar-refractivity contribution in [2.45, 2.75) is 44.2 Å². The van der Waals surface area contributed by atoms with E-state index in [1.54, 1.807) is 18.2 Å². The fraction of sp³-hybridized carbons (Fsp3) is 0.579. The smallest absolute Gasteiger partial charge is 0.389 e. The lowest BCUT2D eigenvalue weighted by Gasteiger charge is -2.33. The van der Waals surface area contributed by atoms with Gasteiger partial charge in [-0.2, -0.15) is 13.2 Å². The molecule has 3 rings (SSSR count). The van der Waals surface area contributed by atoms with E-state index >= 15 is 0 Å². The van der Waals surface area contributed by atoms with Gasteiger partial charge in [0.05, 0.1) is 30.7 Å². The molecule has 148 valence electrons. The third-order valence-electron chi connectivity index (χ3n) is 5.21. The molecule has 0 saturated carbocycles. The van der Waals surface area contributed by atoms with E-state index < -0.39 is 30.2 Å². The lowest BCUT2D eigenvalue weighted by Crippen LogP contribution is -2.48. The number of ether oxygens (including phenoxy) is 1. The Morgan fingerprint density at radius 3 is 2.63 bits per heavy atom. The third-order valence-corrected chi connectivity index (χ3v) is 5.21. The average Bonchev–Trinajstić information content (AvgIpc) is 2.84. The van der Waals surface area contributed by atoms with E-state index in [-0.39, 0.29) is 12.5 Å². The van der Waals surface area contributed by atoms with Crippen LogP contribution in [0.15, 0.2) is 18.2 Å². The highest BCUT2D eigenvalue weighted by Crippen LogP contribution is 2.51. The van der Waals surface area contributed by atoms with Crippen molar-refractivity contribution in [3.63, 3.8) is 0 Å². The van der Waals surface area contributed by atoms with Crippen LogP contribution in [0.2, 0.25) is 0 Å². The topological polar surface area (TPSA) is 58.6 Å². The molecule has 1 aromatic carbocycles. The Morgan fingerprint density at radius 2 is 2.00 bits per heavy atom. The van der Waals surface area contributed by atoms with Gasteiger partial charge < -0.3 is 15.0 Å². The second-order valence-corrected chi connectivity index (χ2v) is 6.96. The van der Waals surface area contributed by atoms with Crippen molar-refractivity contribution < 1.29 is 27.5 Å². The number of nitrogens with zero attached hydrogens (tertiary/aromatic N) is 1. The number of rotatable bonds is 6. The lowest BCUT2D eigenvalue weighted by atomic mass is 9.73. The van der Waals surface area contributed by atoms with Crippen LogP contribution in [0.4, 0.5) is 18.9 Å². The first-order valence-corrected chi connectivity index (χ1v) is 9.16. The summed E-state index contributed by atoms with van der Waals surface area (Å²) in [6.07, 6.45) is -5.05. The first kappa shape index (κ1) is 19.7. The molecule has 2 heterocycles. The van der Waals surface area contributed by atoms with Crippen LogP contribution >= 0.6 is 0 Å². The van der Waals surface area contributed by atoms with E-state index in [0.717, 1.165) is 5.56 Å². The molecule has 0 aliphatic carbocycles. The Morgan fingerprint density at radius 1 is 1.30 bits per heavy atom. The standard InChI is InChI=1S/C19H23F3N2O3/c1-2-27-15-5-3-4-14-16(15)18(8-10-23-11-9-18)17(26)24(14)12-13(25)6-7-19(20,21)22/h3-5,23H,2,6-12H2,1H3. The predicted octanol–water partition coefficient (Wildman–Crippen LogP) is 2.96. The molecular formula is C19H23F3N2O3. The minimum absolute atomic E-state index is 0.216. The van der Waals surface area contributed by atoms with Gasteiger partial charge in [0.15, 0.2) is 5.78 Å². The zero-order valence-electron chi connectivity index (χ0n) is 15.2. The third kappa shape index (κ3) is 3.81. The van der Waals surface area contributed by atoms with E-state index in [4.69, 9.17) is 4.74 Å². The molecule has 2 aliphatic rings. The van der Waals surface area contributed by atoms with E-state index in [0.29, 0.717) is 44.0 Å². The number of carbonyl (C=O) groups is 2. The van der Waals surface area contributed by atoms with Crippen LogP contribution in [-0.2, 0) is 15.0 Å². The maximum atomic E-state index is 13.3. The molecule has 0 atom stereocenters. The van der Waals surface area contributed by atoms with Gasteiger partial charge >= 0.3 is 6.18 Å². The molecule has 1 saturated heterocycles. The number of anilines is 1. The molecule has 0 radical (unpaired) electrons. The first-order valence-electron chi connectivity index (χ1n) is 9.16. The quantitative estimate of drug-likeness (QED) is 0.819. The number of nitrogens with one attached hydrogen (secondary N) is 1. The Labute approximate surface area is 155 Å². The molecule has 1 N–H and O–H groups in total. The van der Waals surface area contributed by atoms with Crippen molar-refractivity contribution in [3.8, 4) is 5.75 Å². The van der Waals surface area contributed by atoms with Crippen LogP contribution in [0.1, 0.15) is 38.2 Å². The van der Waals surface area contributed by atoms with Crippen molar-refractivity contribution in [1.29, 1.82) is 0 Å². The molecule has 0 aromatic heterocycles. The summed E-state index contributed by atoms with van der Waals surface area (Å²) in [6.45, 7) is 3.25. The fourth-order valence-electron chi connectivity index (χ4n) is 3.99.